The van der Waals surface area contributed by atoms with Crippen LogP contribution in [0, 0.1) is 11.3 Å². The molecule has 2 aromatic carbocycles. The van der Waals surface area contributed by atoms with Crippen molar-refractivity contribution in [1.29, 1.82) is 5.26 Å². The zero-order valence-corrected chi connectivity index (χ0v) is 10.7. The largest absolute Gasteiger partial charge is 0.492 e. The molecule has 0 spiro atoms. The summed E-state index contributed by atoms with van der Waals surface area (Å²) in [6.07, 6.45) is 0. The number of nitrogens with zero attached hydrogens (tertiary/aromatic N) is 1. The quantitative estimate of drug-likeness (QED) is 0.907. The van der Waals surface area contributed by atoms with Gasteiger partial charge in [0.1, 0.15) is 18.3 Å². The predicted molar refractivity (Wildman–Crippen MR) is 74.5 cm³/mol. The van der Waals surface area contributed by atoms with Gasteiger partial charge in [0, 0.05) is 11.3 Å². The summed E-state index contributed by atoms with van der Waals surface area (Å²) < 4.78 is 5.50. The second-order valence-electron chi connectivity index (χ2n) is 4.58. The summed E-state index contributed by atoms with van der Waals surface area (Å²) in [5, 5.41) is 11.7. The Bertz CT molecular complexity index is 704. The molecular weight excluding hydrogens is 252 g/mol. The Morgan fingerprint density at radius 1 is 1.25 bits per heavy atom. The molecule has 1 aliphatic heterocycles. The molecule has 4 nitrogen and oxygen atoms in total. The number of anilines is 1. The topological polar surface area (TPSA) is 62.1 Å². The van der Waals surface area contributed by atoms with E-state index in [0.717, 1.165) is 11.3 Å². The number of nitriles is 1. The molecule has 98 valence electrons. The van der Waals surface area contributed by atoms with Crippen LogP contribution in [0.1, 0.15) is 17.0 Å². The standard InChI is InChI=1S/C16H12N2O2/c17-9-11-4-3-5-12(8-11)18-16(19)14-10-20-15-7-2-1-6-13(14)15/h1-8,14H,10H2,(H,18,19). The third-order valence-electron chi connectivity index (χ3n) is 3.28. The molecule has 2 aromatic rings. The van der Waals surface area contributed by atoms with E-state index in [1.54, 1.807) is 24.3 Å². The van der Waals surface area contributed by atoms with Gasteiger partial charge in [0.15, 0.2) is 0 Å². The molecule has 1 heterocycles. The lowest BCUT2D eigenvalue weighted by Crippen LogP contribution is -2.22. The van der Waals surface area contributed by atoms with Crippen molar-refractivity contribution in [2.24, 2.45) is 0 Å². The first-order valence-corrected chi connectivity index (χ1v) is 6.30. The molecule has 0 bridgehead atoms. The highest BCUT2D eigenvalue weighted by molar-refractivity contribution is 5.97. The lowest BCUT2D eigenvalue weighted by atomic mass is 10.0. The molecule has 1 N–H and O–H groups in total. The molecule has 0 saturated heterocycles. The highest BCUT2D eigenvalue weighted by atomic mass is 16.5. The van der Waals surface area contributed by atoms with Crippen LogP contribution in [0.2, 0.25) is 0 Å². The number of ether oxygens (including phenoxy) is 1. The van der Waals surface area contributed by atoms with E-state index in [-0.39, 0.29) is 11.8 Å². The highest BCUT2D eigenvalue weighted by Crippen LogP contribution is 2.34. The summed E-state index contributed by atoms with van der Waals surface area (Å²) in [6, 6.07) is 16.4. The van der Waals surface area contributed by atoms with Gasteiger partial charge in [-0.05, 0) is 24.3 Å². The number of amides is 1. The van der Waals surface area contributed by atoms with Gasteiger partial charge < -0.3 is 10.1 Å². The summed E-state index contributed by atoms with van der Waals surface area (Å²) in [4.78, 5) is 12.3. The van der Waals surface area contributed by atoms with Gasteiger partial charge in [0.05, 0.1) is 11.6 Å². The lowest BCUT2D eigenvalue weighted by molar-refractivity contribution is -0.117. The zero-order valence-electron chi connectivity index (χ0n) is 10.7. The average Bonchev–Trinajstić information content (AvgIpc) is 2.91. The van der Waals surface area contributed by atoms with E-state index in [0.29, 0.717) is 17.9 Å². The minimum atomic E-state index is -0.308. The average molecular weight is 264 g/mol. The van der Waals surface area contributed by atoms with Gasteiger partial charge in [0.2, 0.25) is 5.91 Å². The monoisotopic (exact) mass is 264 g/mol. The van der Waals surface area contributed by atoms with Crippen LogP contribution in [0.25, 0.3) is 0 Å². The molecule has 1 aliphatic rings. The van der Waals surface area contributed by atoms with Crippen LogP contribution in [-0.4, -0.2) is 12.5 Å². The summed E-state index contributed by atoms with van der Waals surface area (Å²) in [6.45, 7) is 0.350. The van der Waals surface area contributed by atoms with E-state index in [2.05, 4.69) is 5.32 Å². The molecule has 0 aliphatic carbocycles. The van der Waals surface area contributed by atoms with Crippen LogP contribution in [0.15, 0.2) is 48.5 Å². The Morgan fingerprint density at radius 3 is 2.95 bits per heavy atom. The van der Waals surface area contributed by atoms with Crippen molar-refractivity contribution in [3.63, 3.8) is 0 Å². The number of para-hydroxylation sites is 1. The smallest absolute Gasteiger partial charge is 0.235 e. The maximum atomic E-state index is 12.3. The molecule has 20 heavy (non-hydrogen) atoms. The highest BCUT2D eigenvalue weighted by Gasteiger charge is 2.29. The number of hydrogen-bond donors (Lipinski definition) is 1. The number of benzene rings is 2. The number of hydrogen-bond acceptors (Lipinski definition) is 3. The van der Waals surface area contributed by atoms with Crippen LogP contribution in [0.3, 0.4) is 0 Å². The van der Waals surface area contributed by atoms with E-state index in [1.807, 2.05) is 30.3 Å². The van der Waals surface area contributed by atoms with Gasteiger partial charge in [-0.3, -0.25) is 4.79 Å². The van der Waals surface area contributed by atoms with Gasteiger partial charge >= 0.3 is 0 Å². The van der Waals surface area contributed by atoms with Crippen LogP contribution < -0.4 is 10.1 Å². The molecule has 4 heteroatoms. The lowest BCUT2D eigenvalue weighted by Gasteiger charge is -2.10. The van der Waals surface area contributed by atoms with Crippen molar-refractivity contribution in [2.75, 3.05) is 11.9 Å². The summed E-state index contributed by atoms with van der Waals surface area (Å²) in [5.74, 6) is 0.334. The van der Waals surface area contributed by atoms with Gasteiger partial charge in [0.25, 0.3) is 0 Å². The van der Waals surface area contributed by atoms with Crippen molar-refractivity contribution in [3.05, 3.63) is 59.7 Å². The van der Waals surface area contributed by atoms with Crippen LogP contribution >= 0.6 is 0 Å². The molecule has 1 unspecified atom stereocenters. The normalized spacial score (nSPS) is 15.8. The van der Waals surface area contributed by atoms with Gasteiger partial charge in [-0.2, -0.15) is 5.26 Å². The van der Waals surface area contributed by atoms with Gasteiger partial charge in [-0.25, -0.2) is 0 Å². The van der Waals surface area contributed by atoms with E-state index in [9.17, 15) is 4.79 Å². The summed E-state index contributed by atoms with van der Waals surface area (Å²) >= 11 is 0. The van der Waals surface area contributed by atoms with Crippen molar-refractivity contribution in [2.45, 2.75) is 5.92 Å². The van der Waals surface area contributed by atoms with Crippen molar-refractivity contribution in [3.8, 4) is 11.8 Å². The maximum absolute atomic E-state index is 12.3. The Hall–Kier alpha value is -2.80. The van der Waals surface area contributed by atoms with Crippen molar-refractivity contribution >= 4 is 11.6 Å². The molecule has 0 saturated carbocycles. The van der Waals surface area contributed by atoms with Crippen LogP contribution in [-0.2, 0) is 4.79 Å². The SMILES string of the molecule is N#Cc1cccc(NC(=O)C2COc3ccccc32)c1. The first-order valence-electron chi connectivity index (χ1n) is 6.30. The van der Waals surface area contributed by atoms with Crippen molar-refractivity contribution in [1.82, 2.24) is 0 Å². The first-order chi connectivity index (χ1) is 9.78. The van der Waals surface area contributed by atoms with E-state index in [4.69, 9.17) is 10.00 Å². The molecule has 0 aromatic heterocycles. The molecular formula is C16H12N2O2. The number of carbonyl (C=O) groups is 1. The predicted octanol–water partition coefficient (Wildman–Crippen LogP) is 2.67. The third kappa shape index (κ3) is 2.21. The number of carbonyl (C=O) groups excluding carboxylic acids is 1. The minimum Gasteiger partial charge on any atom is -0.492 e. The number of nitrogens with one attached hydrogen (secondary N) is 1. The molecule has 0 radical (unpaired) electrons. The molecule has 3 rings (SSSR count). The van der Waals surface area contributed by atoms with Crippen molar-refractivity contribution < 1.29 is 9.53 Å². The number of fused-ring (bicyclic) bond motifs is 1. The van der Waals surface area contributed by atoms with Crippen LogP contribution in [0.4, 0.5) is 5.69 Å². The first kappa shape index (κ1) is 12.2. The minimum absolute atomic E-state index is 0.120. The second kappa shape index (κ2) is 5.06. The molecule has 1 atom stereocenters. The fourth-order valence-corrected chi connectivity index (χ4v) is 2.28. The second-order valence-corrected chi connectivity index (χ2v) is 4.58. The Morgan fingerprint density at radius 2 is 2.10 bits per heavy atom. The van der Waals surface area contributed by atoms with Gasteiger partial charge in [-0.15, -0.1) is 0 Å². The Balaban J connectivity index is 1.79. The van der Waals surface area contributed by atoms with E-state index in [1.165, 1.54) is 0 Å². The fraction of sp³-hybridized carbons (Fsp3) is 0.125. The Labute approximate surface area is 116 Å². The summed E-state index contributed by atoms with van der Waals surface area (Å²) in [7, 11) is 0. The molecule has 0 fully saturated rings. The zero-order chi connectivity index (χ0) is 13.9. The maximum Gasteiger partial charge on any atom is 0.235 e. The number of rotatable bonds is 2. The Kier molecular flexibility index (Phi) is 3.10. The van der Waals surface area contributed by atoms with E-state index >= 15 is 0 Å². The third-order valence-corrected chi connectivity index (χ3v) is 3.28. The van der Waals surface area contributed by atoms with E-state index < -0.39 is 0 Å². The molecule has 1 amide bonds. The van der Waals surface area contributed by atoms with Crippen LogP contribution in [0.5, 0.6) is 5.75 Å². The van der Waals surface area contributed by atoms with Gasteiger partial charge in [-0.1, -0.05) is 24.3 Å². The fourth-order valence-electron chi connectivity index (χ4n) is 2.28. The summed E-state index contributed by atoms with van der Waals surface area (Å²) in [5.41, 5.74) is 2.05.